The maximum atomic E-state index is 10.1. The standard InChI is InChI=1S/C15H29NO2/c1-3-15(4-2)11-12(9-10-18-15)16-13-7-5-6-8-14(13)17/h12-14,16-17H,3-11H2,1-2H3. The van der Waals surface area contributed by atoms with Crippen LogP contribution in [0.1, 0.15) is 65.2 Å². The van der Waals surface area contributed by atoms with E-state index in [1.54, 1.807) is 0 Å². The Balaban J connectivity index is 1.88. The normalized spacial score (nSPS) is 36.5. The van der Waals surface area contributed by atoms with Gasteiger partial charge < -0.3 is 15.2 Å². The van der Waals surface area contributed by atoms with Gasteiger partial charge in [-0.25, -0.2) is 0 Å². The molecule has 3 heteroatoms. The predicted molar refractivity (Wildman–Crippen MR) is 73.7 cm³/mol. The van der Waals surface area contributed by atoms with Gasteiger partial charge in [0.15, 0.2) is 0 Å². The average Bonchev–Trinajstić information content (AvgIpc) is 2.41. The molecule has 0 radical (unpaired) electrons. The van der Waals surface area contributed by atoms with Crippen molar-refractivity contribution in [1.82, 2.24) is 5.32 Å². The summed E-state index contributed by atoms with van der Waals surface area (Å²) in [4.78, 5) is 0. The van der Waals surface area contributed by atoms with Crippen LogP contribution < -0.4 is 5.32 Å². The lowest BCUT2D eigenvalue weighted by molar-refractivity contribution is -0.0962. The second-order valence-electron chi connectivity index (χ2n) is 6.05. The van der Waals surface area contributed by atoms with Crippen LogP contribution in [0, 0.1) is 0 Å². The molecule has 0 aromatic carbocycles. The fourth-order valence-electron chi connectivity index (χ4n) is 3.52. The van der Waals surface area contributed by atoms with Gasteiger partial charge in [0.2, 0.25) is 0 Å². The van der Waals surface area contributed by atoms with Gasteiger partial charge in [0.05, 0.1) is 11.7 Å². The molecule has 106 valence electrons. The van der Waals surface area contributed by atoms with Crippen LogP contribution in [-0.2, 0) is 4.74 Å². The van der Waals surface area contributed by atoms with Crippen molar-refractivity contribution in [1.29, 1.82) is 0 Å². The van der Waals surface area contributed by atoms with Crippen LogP contribution in [0.25, 0.3) is 0 Å². The van der Waals surface area contributed by atoms with Crippen LogP contribution in [0.2, 0.25) is 0 Å². The smallest absolute Gasteiger partial charge is 0.0693 e. The third-order valence-corrected chi connectivity index (χ3v) is 4.96. The summed E-state index contributed by atoms with van der Waals surface area (Å²) < 4.78 is 6.01. The van der Waals surface area contributed by atoms with Gasteiger partial charge in [0.1, 0.15) is 0 Å². The summed E-state index contributed by atoms with van der Waals surface area (Å²) in [6, 6.07) is 0.838. The summed E-state index contributed by atoms with van der Waals surface area (Å²) >= 11 is 0. The van der Waals surface area contributed by atoms with E-state index >= 15 is 0 Å². The Labute approximate surface area is 111 Å². The van der Waals surface area contributed by atoms with Gasteiger partial charge in [-0.3, -0.25) is 0 Å². The van der Waals surface area contributed by atoms with Crippen molar-refractivity contribution < 1.29 is 9.84 Å². The highest BCUT2D eigenvalue weighted by Gasteiger charge is 2.36. The molecule has 0 spiro atoms. The van der Waals surface area contributed by atoms with Crippen molar-refractivity contribution in [2.75, 3.05) is 6.61 Å². The Morgan fingerprint density at radius 3 is 2.56 bits per heavy atom. The van der Waals surface area contributed by atoms with Crippen molar-refractivity contribution in [2.24, 2.45) is 0 Å². The summed E-state index contributed by atoms with van der Waals surface area (Å²) in [5, 5.41) is 13.8. The van der Waals surface area contributed by atoms with E-state index in [4.69, 9.17) is 4.74 Å². The zero-order valence-corrected chi connectivity index (χ0v) is 12.0. The Morgan fingerprint density at radius 2 is 1.89 bits per heavy atom. The zero-order chi connectivity index (χ0) is 13.0. The highest BCUT2D eigenvalue weighted by molar-refractivity contribution is 4.91. The number of aliphatic hydroxyl groups is 1. The van der Waals surface area contributed by atoms with Crippen LogP contribution in [0.3, 0.4) is 0 Å². The van der Waals surface area contributed by atoms with Gasteiger partial charge >= 0.3 is 0 Å². The molecule has 3 unspecified atom stereocenters. The quantitative estimate of drug-likeness (QED) is 0.811. The lowest BCUT2D eigenvalue weighted by Gasteiger charge is -2.42. The largest absolute Gasteiger partial charge is 0.392 e. The molecule has 3 nitrogen and oxygen atoms in total. The number of hydrogen-bond donors (Lipinski definition) is 2. The first kappa shape index (κ1) is 14.3. The molecule has 0 aromatic heterocycles. The second kappa shape index (κ2) is 6.36. The Kier molecular flexibility index (Phi) is 5.05. The molecule has 1 aliphatic heterocycles. The summed E-state index contributed by atoms with van der Waals surface area (Å²) in [7, 11) is 0. The molecule has 3 atom stereocenters. The molecule has 1 saturated carbocycles. The van der Waals surface area contributed by atoms with Crippen molar-refractivity contribution in [3.8, 4) is 0 Å². The molecule has 1 aliphatic carbocycles. The van der Waals surface area contributed by atoms with Gasteiger partial charge in [-0.2, -0.15) is 0 Å². The van der Waals surface area contributed by atoms with Crippen molar-refractivity contribution >= 4 is 0 Å². The molecule has 2 aliphatic rings. The SMILES string of the molecule is CCC1(CC)CC(NC2CCCCC2O)CCO1. The van der Waals surface area contributed by atoms with E-state index in [-0.39, 0.29) is 11.7 Å². The fourth-order valence-corrected chi connectivity index (χ4v) is 3.52. The van der Waals surface area contributed by atoms with Crippen LogP contribution >= 0.6 is 0 Å². The van der Waals surface area contributed by atoms with Crippen LogP contribution in [0.5, 0.6) is 0 Å². The number of aliphatic hydroxyl groups excluding tert-OH is 1. The highest BCUT2D eigenvalue weighted by Crippen LogP contribution is 2.32. The number of rotatable bonds is 4. The van der Waals surface area contributed by atoms with E-state index < -0.39 is 0 Å². The van der Waals surface area contributed by atoms with Crippen molar-refractivity contribution in [2.45, 2.75) is 89.0 Å². The minimum Gasteiger partial charge on any atom is -0.392 e. The van der Waals surface area contributed by atoms with E-state index in [1.807, 2.05) is 0 Å². The molecule has 0 amide bonds. The molecule has 2 fully saturated rings. The van der Waals surface area contributed by atoms with Gasteiger partial charge in [-0.15, -0.1) is 0 Å². The first-order valence-corrected chi connectivity index (χ1v) is 7.77. The second-order valence-corrected chi connectivity index (χ2v) is 6.05. The lowest BCUT2D eigenvalue weighted by atomic mass is 9.84. The lowest BCUT2D eigenvalue weighted by Crippen LogP contribution is -2.52. The maximum Gasteiger partial charge on any atom is 0.0693 e. The summed E-state index contributed by atoms with van der Waals surface area (Å²) in [5.41, 5.74) is 0.0789. The number of nitrogens with one attached hydrogen (secondary N) is 1. The van der Waals surface area contributed by atoms with E-state index in [2.05, 4.69) is 19.2 Å². The molecule has 2 N–H and O–H groups in total. The summed E-state index contributed by atoms with van der Waals surface area (Å²) in [6.45, 7) is 5.31. The minimum absolute atomic E-state index is 0.0789. The highest BCUT2D eigenvalue weighted by atomic mass is 16.5. The molecular weight excluding hydrogens is 226 g/mol. The molecule has 0 bridgehead atoms. The third kappa shape index (κ3) is 3.25. The number of hydrogen-bond acceptors (Lipinski definition) is 3. The Bertz CT molecular complexity index is 253. The van der Waals surface area contributed by atoms with Gasteiger partial charge in [0.25, 0.3) is 0 Å². The van der Waals surface area contributed by atoms with E-state index in [0.29, 0.717) is 12.1 Å². The molecule has 1 saturated heterocycles. The average molecular weight is 255 g/mol. The van der Waals surface area contributed by atoms with E-state index in [9.17, 15) is 5.11 Å². The van der Waals surface area contributed by atoms with Crippen LogP contribution in [0.15, 0.2) is 0 Å². The maximum absolute atomic E-state index is 10.1. The van der Waals surface area contributed by atoms with Gasteiger partial charge in [-0.05, 0) is 38.5 Å². The first-order chi connectivity index (χ1) is 8.69. The monoisotopic (exact) mass is 255 g/mol. The molecule has 1 heterocycles. The minimum atomic E-state index is -0.140. The number of ether oxygens (including phenoxy) is 1. The zero-order valence-electron chi connectivity index (χ0n) is 12.0. The molecule has 2 rings (SSSR count). The fraction of sp³-hybridized carbons (Fsp3) is 1.00. The van der Waals surface area contributed by atoms with E-state index in [0.717, 1.165) is 45.1 Å². The van der Waals surface area contributed by atoms with E-state index in [1.165, 1.54) is 12.8 Å². The summed E-state index contributed by atoms with van der Waals surface area (Å²) in [5.74, 6) is 0. The van der Waals surface area contributed by atoms with Crippen LogP contribution in [-0.4, -0.2) is 35.5 Å². The van der Waals surface area contributed by atoms with Crippen LogP contribution in [0.4, 0.5) is 0 Å². The molecule has 0 aromatic rings. The first-order valence-electron chi connectivity index (χ1n) is 7.77. The van der Waals surface area contributed by atoms with Crippen molar-refractivity contribution in [3.05, 3.63) is 0 Å². The Morgan fingerprint density at radius 1 is 1.17 bits per heavy atom. The Hall–Kier alpha value is -0.120. The predicted octanol–water partition coefficient (Wildman–Crippen LogP) is 2.62. The van der Waals surface area contributed by atoms with Gasteiger partial charge in [-0.1, -0.05) is 26.7 Å². The molecular formula is C15H29NO2. The topological polar surface area (TPSA) is 41.5 Å². The third-order valence-electron chi connectivity index (χ3n) is 4.96. The molecule has 18 heavy (non-hydrogen) atoms. The van der Waals surface area contributed by atoms with Crippen molar-refractivity contribution in [3.63, 3.8) is 0 Å². The summed E-state index contributed by atoms with van der Waals surface area (Å²) in [6.07, 6.45) is 8.76. The van der Waals surface area contributed by atoms with Gasteiger partial charge in [0, 0.05) is 18.7 Å².